The maximum atomic E-state index is 13.1. The quantitative estimate of drug-likeness (QED) is 0.808. The molecule has 1 aromatic carbocycles. The summed E-state index contributed by atoms with van der Waals surface area (Å²) in [4.78, 5) is 7.14. The van der Waals surface area contributed by atoms with Gasteiger partial charge in [-0.15, -0.1) is 0 Å². The smallest absolute Gasteiger partial charge is 0.243 e. The minimum Gasteiger partial charge on any atom is -0.300 e. The van der Waals surface area contributed by atoms with Crippen LogP contribution >= 0.6 is 0 Å². The molecule has 1 saturated heterocycles. The lowest BCUT2D eigenvalue weighted by atomic mass is 10.1. The van der Waals surface area contributed by atoms with E-state index in [9.17, 15) is 8.42 Å². The van der Waals surface area contributed by atoms with Gasteiger partial charge in [0.1, 0.15) is 0 Å². The number of piperazine rings is 1. The molecule has 0 amide bonds. The van der Waals surface area contributed by atoms with E-state index in [0.29, 0.717) is 18.0 Å². The molecule has 0 radical (unpaired) electrons. The van der Waals surface area contributed by atoms with Crippen molar-refractivity contribution in [1.82, 2.24) is 14.2 Å². The van der Waals surface area contributed by atoms with Crippen LogP contribution in [-0.4, -0.2) is 55.3 Å². The Morgan fingerprint density at radius 2 is 1.65 bits per heavy atom. The standard InChI is InChI=1S/C20H27N3O2S/c1-16-14-17(2)20(18(3)15-16)26(24,25)23-12-10-22(11-13-23)9-7-19-6-4-5-8-21-19/h4-6,8,14-15H,7,9-13H2,1-3H3. The highest BCUT2D eigenvalue weighted by atomic mass is 32.2. The molecule has 1 fully saturated rings. The average Bonchev–Trinajstić information content (AvgIpc) is 2.60. The Kier molecular flexibility index (Phi) is 5.75. The van der Waals surface area contributed by atoms with Gasteiger partial charge in [-0.3, -0.25) is 4.98 Å². The molecule has 1 aliphatic heterocycles. The number of aryl methyl sites for hydroxylation is 3. The summed E-state index contributed by atoms with van der Waals surface area (Å²) in [5.74, 6) is 0. The van der Waals surface area contributed by atoms with E-state index >= 15 is 0 Å². The van der Waals surface area contributed by atoms with Gasteiger partial charge in [0.2, 0.25) is 10.0 Å². The molecule has 0 atom stereocenters. The molecular weight excluding hydrogens is 346 g/mol. The van der Waals surface area contributed by atoms with Gasteiger partial charge in [-0.2, -0.15) is 4.31 Å². The number of pyridine rings is 1. The number of sulfonamides is 1. The number of benzene rings is 1. The maximum Gasteiger partial charge on any atom is 0.243 e. The summed E-state index contributed by atoms with van der Waals surface area (Å²) in [7, 11) is -3.44. The van der Waals surface area contributed by atoms with Gasteiger partial charge in [0.05, 0.1) is 4.90 Å². The lowest BCUT2D eigenvalue weighted by molar-refractivity contribution is 0.189. The average molecular weight is 374 g/mol. The Hall–Kier alpha value is -1.76. The third-order valence-electron chi connectivity index (χ3n) is 4.94. The van der Waals surface area contributed by atoms with Crippen molar-refractivity contribution in [2.75, 3.05) is 32.7 Å². The van der Waals surface area contributed by atoms with Gasteiger partial charge >= 0.3 is 0 Å². The highest BCUT2D eigenvalue weighted by Gasteiger charge is 2.30. The van der Waals surface area contributed by atoms with E-state index in [2.05, 4.69) is 9.88 Å². The zero-order valence-corrected chi connectivity index (χ0v) is 16.6. The van der Waals surface area contributed by atoms with Crippen molar-refractivity contribution >= 4 is 10.0 Å². The van der Waals surface area contributed by atoms with E-state index in [4.69, 9.17) is 0 Å². The van der Waals surface area contributed by atoms with Gasteiger partial charge in [-0.1, -0.05) is 23.8 Å². The van der Waals surface area contributed by atoms with E-state index in [1.54, 1.807) is 4.31 Å². The molecule has 1 aromatic heterocycles. The highest BCUT2D eigenvalue weighted by molar-refractivity contribution is 7.89. The Morgan fingerprint density at radius 1 is 1.00 bits per heavy atom. The van der Waals surface area contributed by atoms with Crippen molar-refractivity contribution in [1.29, 1.82) is 0 Å². The summed E-state index contributed by atoms with van der Waals surface area (Å²) in [6.45, 7) is 9.27. The molecular formula is C20H27N3O2S. The number of hydrogen-bond donors (Lipinski definition) is 0. The predicted molar refractivity (Wildman–Crippen MR) is 104 cm³/mol. The largest absolute Gasteiger partial charge is 0.300 e. The van der Waals surface area contributed by atoms with E-state index in [1.165, 1.54) is 0 Å². The summed E-state index contributed by atoms with van der Waals surface area (Å²) in [5, 5.41) is 0. The summed E-state index contributed by atoms with van der Waals surface area (Å²) in [6.07, 6.45) is 2.70. The zero-order valence-electron chi connectivity index (χ0n) is 15.8. The van der Waals surface area contributed by atoms with Crippen LogP contribution in [0.4, 0.5) is 0 Å². The Morgan fingerprint density at radius 3 is 2.23 bits per heavy atom. The number of nitrogens with zero attached hydrogens (tertiary/aromatic N) is 3. The van der Waals surface area contributed by atoms with Crippen LogP contribution in [0.5, 0.6) is 0 Å². The van der Waals surface area contributed by atoms with Crippen molar-refractivity contribution in [3.05, 3.63) is 58.9 Å². The predicted octanol–water partition coefficient (Wildman–Crippen LogP) is 2.56. The third-order valence-corrected chi connectivity index (χ3v) is 7.15. The van der Waals surface area contributed by atoms with Gasteiger partial charge in [-0.05, 0) is 44.0 Å². The monoisotopic (exact) mass is 373 g/mol. The van der Waals surface area contributed by atoms with E-state index in [-0.39, 0.29) is 0 Å². The van der Waals surface area contributed by atoms with Crippen molar-refractivity contribution in [2.24, 2.45) is 0 Å². The Bertz CT molecular complexity index is 835. The molecule has 0 saturated carbocycles. The Labute approximate surface area is 156 Å². The second kappa shape index (κ2) is 7.86. The van der Waals surface area contributed by atoms with Crippen LogP contribution in [0.15, 0.2) is 41.4 Å². The minimum atomic E-state index is -3.44. The molecule has 1 aliphatic rings. The topological polar surface area (TPSA) is 53.5 Å². The van der Waals surface area contributed by atoms with Crippen LogP contribution in [-0.2, 0) is 16.4 Å². The maximum absolute atomic E-state index is 13.1. The summed E-state index contributed by atoms with van der Waals surface area (Å²) in [5.41, 5.74) is 3.84. The summed E-state index contributed by atoms with van der Waals surface area (Å²) in [6, 6.07) is 9.84. The van der Waals surface area contributed by atoms with Crippen molar-refractivity contribution in [3.63, 3.8) is 0 Å². The first kappa shape index (κ1) is 19.0. The first-order chi connectivity index (χ1) is 12.4. The molecule has 0 unspecified atom stereocenters. The van der Waals surface area contributed by atoms with Crippen LogP contribution in [0.2, 0.25) is 0 Å². The fourth-order valence-corrected chi connectivity index (χ4v) is 5.55. The van der Waals surface area contributed by atoms with Gasteiger partial charge in [0.15, 0.2) is 0 Å². The van der Waals surface area contributed by atoms with Gasteiger partial charge in [0, 0.05) is 51.0 Å². The van der Waals surface area contributed by atoms with Crippen LogP contribution in [0.1, 0.15) is 22.4 Å². The summed E-state index contributed by atoms with van der Waals surface area (Å²) < 4.78 is 27.9. The lowest BCUT2D eigenvalue weighted by Gasteiger charge is -2.34. The molecule has 0 bridgehead atoms. The molecule has 0 spiro atoms. The first-order valence-corrected chi connectivity index (χ1v) is 10.5. The molecule has 2 aromatic rings. The second-order valence-electron chi connectivity index (χ2n) is 7.04. The molecule has 26 heavy (non-hydrogen) atoms. The number of hydrogen-bond acceptors (Lipinski definition) is 4. The number of aromatic nitrogens is 1. The van der Waals surface area contributed by atoms with Gasteiger partial charge in [0.25, 0.3) is 0 Å². The molecule has 2 heterocycles. The lowest BCUT2D eigenvalue weighted by Crippen LogP contribution is -2.49. The van der Waals surface area contributed by atoms with Crippen LogP contribution in [0, 0.1) is 20.8 Å². The fraction of sp³-hybridized carbons (Fsp3) is 0.450. The number of rotatable bonds is 5. The zero-order chi connectivity index (χ0) is 18.7. The van der Waals surface area contributed by atoms with Crippen LogP contribution in [0.3, 0.4) is 0 Å². The molecule has 0 aliphatic carbocycles. The SMILES string of the molecule is Cc1cc(C)c(S(=O)(=O)N2CCN(CCc3ccccn3)CC2)c(C)c1. The summed E-state index contributed by atoms with van der Waals surface area (Å²) >= 11 is 0. The van der Waals surface area contributed by atoms with Crippen LogP contribution < -0.4 is 0 Å². The van der Waals surface area contributed by atoms with Crippen LogP contribution in [0.25, 0.3) is 0 Å². The molecule has 0 N–H and O–H groups in total. The molecule has 5 nitrogen and oxygen atoms in total. The van der Waals surface area contributed by atoms with Gasteiger partial charge < -0.3 is 4.90 Å². The highest BCUT2D eigenvalue weighted by Crippen LogP contribution is 2.26. The van der Waals surface area contributed by atoms with E-state index < -0.39 is 10.0 Å². The van der Waals surface area contributed by atoms with Gasteiger partial charge in [-0.25, -0.2) is 8.42 Å². The molecule has 3 rings (SSSR count). The second-order valence-corrected chi connectivity index (χ2v) is 8.92. The minimum absolute atomic E-state index is 0.477. The van der Waals surface area contributed by atoms with E-state index in [1.807, 2.05) is 57.3 Å². The molecule has 140 valence electrons. The van der Waals surface area contributed by atoms with Crippen molar-refractivity contribution in [3.8, 4) is 0 Å². The normalized spacial score (nSPS) is 16.7. The Balaban J connectivity index is 1.64. The van der Waals surface area contributed by atoms with Crippen molar-refractivity contribution in [2.45, 2.75) is 32.1 Å². The third kappa shape index (κ3) is 4.14. The fourth-order valence-electron chi connectivity index (χ4n) is 3.71. The molecule has 6 heteroatoms. The van der Waals surface area contributed by atoms with E-state index in [0.717, 1.165) is 48.4 Å². The van der Waals surface area contributed by atoms with Crippen molar-refractivity contribution < 1.29 is 8.42 Å². The first-order valence-electron chi connectivity index (χ1n) is 9.08.